The molecule has 0 spiro atoms. The minimum Gasteiger partial charge on any atom is -0.453 e. The van der Waals surface area contributed by atoms with E-state index in [4.69, 9.17) is 9.72 Å². The van der Waals surface area contributed by atoms with Crippen molar-refractivity contribution in [2.45, 2.75) is 78.4 Å². The monoisotopic (exact) mass is 691 g/mol. The maximum Gasteiger partial charge on any atom is 0.407 e. The topological polar surface area (TPSA) is 136 Å². The van der Waals surface area contributed by atoms with Crippen molar-refractivity contribution in [3.63, 3.8) is 0 Å². The van der Waals surface area contributed by atoms with E-state index < -0.39 is 12.1 Å². The normalized spacial score (nSPS) is 18.9. The Balaban J connectivity index is 1.13. The van der Waals surface area contributed by atoms with Crippen molar-refractivity contribution in [1.29, 1.82) is 0 Å². The summed E-state index contributed by atoms with van der Waals surface area (Å²) < 4.78 is 4.78. The van der Waals surface area contributed by atoms with Crippen LogP contribution in [-0.2, 0) is 14.3 Å². The summed E-state index contributed by atoms with van der Waals surface area (Å²) in [5.74, 6) is 1.82. The Kier molecular flexibility index (Phi) is 10.7. The summed E-state index contributed by atoms with van der Waals surface area (Å²) >= 11 is 0. The second kappa shape index (κ2) is 15.4. The van der Waals surface area contributed by atoms with Gasteiger partial charge in [-0.05, 0) is 60.3 Å². The Morgan fingerprint density at radius 1 is 0.863 bits per heavy atom. The molecule has 2 saturated heterocycles. The average Bonchev–Trinajstić information content (AvgIpc) is 3.96. The number of nitrogens with one attached hydrogen (secondary N) is 3. The molecule has 51 heavy (non-hydrogen) atoms. The fraction of sp³-hybridized carbons (Fsp3) is 0.425. The van der Waals surface area contributed by atoms with Gasteiger partial charge in [-0.15, -0.1) is 0 Å². The first-order valence-electron chi connectivity index (χ1n) is 18.0. The van der Waals surface area contributed by atoms with Crippen LogP contribution in [0.15, 0.2) is 72.6 Å². The number of nitrogens with zero attached hydrogens (tertiary/aromatic N) is 4. The molecule has 268 valence electrons. The second-order valence-corrected chi connectivity index (χ2v) is 14.4. The zero-order chi connectivity index (χ0) is 36.2. The van der Waals surface area contributed by atoms with Crippen LogP contribution in [0, 0.1) is 11.8 Å². The molecule has 0 aliphatic carbocycles. The third kappa shape index (κ3) is 7.77. The number of allylic oxidation sites excluding steroid dienone is 1. The number of rotatable bonds is 10. The van der Waals surface area contributed by atoms with E-state index in [2.05, 4.69) is 82.6 Å². The predicted molar refractivity (Wildman–Crippen MR) is 197 cm³/mol. The number of amides is 3. The predicted octanol–water partition coefficient (Wildman–Crippen LogP) is 7.44. The van der Waals surface area contributed by atoms with Crippen LogP contribution in [0.5, 0.6) is 0 Å². The van der Waals surface area contributed by atoms with Crippen LogP contribution < -0.4 is 5.32 Å². The van der Waals surface area contributed by atoms with Crippen LogP contribution in [0.4, 0.5) is 4.79 Å². The third-order valence-corrected chi connectivity index (χ3v) is 9.99. The molecule has 3 amide bonds. The number of carbonyl (C=O) groups is 3. The Morgan fingerprint density at radius 3 is 1.92 bits per heavy atom. The molecule has 11 heteroatoms. The first kappa shape index (κ1) is 35.6. The highest BCUT2D eigenvalue weighted by Gasteiger charge is 2.39. The molecule has 0 saturated carbocycles. The number of H-pyrrole nitrogens is 2. The largest absolute Gasteiger partial charge is 0.453 e. The number of alkyl carbamates (subject to hydrolysis) is 1. The maximum absolute atomic E-state index is 13.7. The number of hydrogen-bond acceptors (Lipinski definition) is 6. The Hall–Kier alpha value is -5.19. The number of methoxy groups -OCH3 is 1. The van der Waals surface area contributed by atoms with Crippen molar-refractivity contribution in [2.24, 2.45) is 11.8 Å². The Labute approximate surface area is 299 Å². The molecule has 11 nitrogen and oxygen atoms in total. The molecule has 2 aromatic carbocycles. The molecule has 4 heterocycles. The van der Waals surface area contributed by atoms with Crippen molar-refractivity contribution in [2.75, 3.05) is 20.2 Å². The summed E-state index contributed by atoms with van der Waals surface area (Å²) in [6.45, 7) is 11.2. The number of likely N-dealkylation sites (tertiary alicyclic amines) is 2. The molecule has 0 bridgehead atoms. The van der Waals surface area contributed by atoms with Crippen LogP contribution in [0.25, 0.3) is 33.6 Å². The van der Waals surface area contributed by atoms with Crippen LogP contribution >= 0.6 is 0 Å². The highest BCUT2D eigenvalue weighted by atomic mass is 16.5. The fourth-order valence-corrected chi connectivity index (χ4v) is 7.12. The van der Waals surface area contributed by atoms with Crippen molar-refractivity contribution in [1.82, 2.24) is 35.1 Å². The highest BCUT2D eigenvalue weighted by molar-refractivity contribution is 5.87. The number of hydrogen-bond donors (Lipinski definition) is 3. The van der Waals surface area contributed by atoms with E-state index in [1.54, 1.807) is 4.90 Å². The van der Waals surface area contributed by atoms with Gasteiger partial charge in [-0.2, -0.15) is 0 Å². The molecule has 2 aromatic heterocycles. The summed E-state index contributed by atoms with van der Waals surface area (Å²) in [7, 11) is 1.29. The highest BCUT2D eigenvalue weighted by Crippen LogP contribution is 2.36. The van der Waals surface area contributed by atoms with Gasteiger partial charge in [-0.1, -0.05) is 87.9 Å². The third-order valence-electron chi connectivity index (χ3n) is 9.99. The number of aromatic nitrogens is 4. The molecule has 6 rings (SSSR count). The zero-order valence-electron chi connectivity index (χ0n) is 30.4. The minimum atomic E-state index is -0.710. The van der Waals surface area contributed by atoms with Crippen molar-refractivity contribution >= 4 is 17.9 Å². The summed E-state index contributed by atoms with van der Waals surface area (Å²) in [6.07, 6.45) is 8.25. The van der Waals surface area contributed by atoms with Gasteiger partial charge in [0.15, 0.2) is 0 Å². The minimum absolute atomic E-state index is 0.00606. The van der Waals surface area contributed by atoms with Crippen molar-refractivity contribution in [3.05, 3.63) is 84.2 Å². The first-order chi connectivity index (χ1) is 24.6. The van der Waals surface area contributed by atoms with E-state index in [9.17, 15) is 14.4 Å². The molecule has 0 radical (unpaired) electrons. The average molecular weight is 692 g/mol. The van der Waals surface area contributed by atoms with E-state index >= 15 is 0 Å². The summed E-state index contributed by atoms with van der Waals surface area (Å²) in [5, 5.41) is 2.71. The van der Waals surface area contributed by atoms with Gasteiger partial charge in [0.2, 0.25) is 11.8 Å². The van der Waals surface area contributed by atoms with Gasteiger partial charge >= 0.3 is 6.09 Å². The molecular formula is C40H49N7O4. The van der Waals surface area contributed by atoms with E-state index in [-0.39, 0.29) is 29.8 Å². The molecule has 3 N–H and O–H groups in total. The number of carbonyl (C=O) groups excluding carboxylic acids is 3. The lowest BCUT2D eigenvalue weighted by molar-refractivity contribution is -0.135. The summed E-state index contributed by atoms with van der Waals surface area (Å²) in [5.41, 5.74) is 7.15. The smallest absolute Gasteiger partial charge is 0.407 e. The van der Waals surface area contributed by atoms with Gasteiger partial charge in [0.25, 0.3) is 0 Å². The van der Waals surface area contributed by atoms with Crippen LogP contribution in [-0.4, -0.2) is 73.9 Å². The van der Waals surface area contributed by atoms with Gasteiger partial charge in [0.1, 0.15) is 17.7 Å². The number of benzene rings is 2. The number of aromatic amines is 2. The Bertz CT molecular complexity index is 1870. The Morgan fingerprint density at radius 2 is 1.41 bits per heavy atom. The molecule has 2 fully saturated rings. The quantitative estimate of drug-likeness (QED) is 0.148. The first-order valence-corrected chi connectivity index (χ1v) is 18.0. The lowest BCUT2D eigenvalue weighted by atomic mass is 10.0. The lowest BCUT2D eigenvalue weighted by Crippen LogP contribution is -2.51. The molecule has 2 aliphatic heterocycles. The van der Waals surface area contributed by atoms with Gasteiger partial charge in [0, 0.05) is 19.5 Å². The standard InChI is InChI=1S/C40H49N7O4/c1-7-26-20-34(47(23-26)39(49)36(25(4)5)45-40(50)51-6)38-42-22-32(44-38)30-16-12-28(13-17-30)27-10-14-29(15-11-27)31-21-41-37(43-31)33-9-8-18-46(33)35(48)19-24(2)3/h7,10-17,21-22,24-25,33-34,36H,8-9,18-20,23H2,1-6H3,(H,41,43)(H,42,44)(H,45,50)/t33?,34-,36-/m0/s1. The number of imidazole rings is 2. The van der Waals surface area contributed by atoms with Crippen LogP contribution in [0.3, 0.4) is 0 Å². The lowest BCUT2D eigenvalue weighted by Gasteiger charge is -2.29. The maximum atomic E-state index is 13.7. The van der Waals surface area contributed by atoms with Crippen LogP contribution in [0.1, 0.15) is 84.0 Å². The fourth-order valence-electron chi connectivity index (χ4n) is 7.12. The molecule has 2 aliphatic rings. The van der Waals surface area contributed by atoms with Gasteiger partial charge in [0.05, 0.1) is 43.0 Å². The summed E-state index contributed by atoms with van der Waals surface area (Å²) in [6, 6.07) is 15.8. The second-order valence-electron chi connectivity index (χ2n) is 14.4. The summed E-state index contributed by atoms with van der Waals surface area (Å²) in [4.78, 5) is 58.7. The SMILES string of the molecule is CC=C1C[C@@H](c2ncc(-c3ccc(-c4ccc(-c5cnc(C6CCCN6C(=O)CC(C)C)[nH]5)cc4)cc3)[nH]2)N(C(=O)[C@@H](NC(=O)OC)C(C)C)C1. The van der Waals surface area contributed by atoms with E-state index in [0.717, 1.165) is 64.4 Å². The zero-order valence-corrected chi connectivity index (χ0v) is 30.4. The molecule has 4 aromatic rings. The van der Waals surface area contributed by atoms with E-state index in [1.165, 1.54) is 7.11 Å². The van der Waals surface area contributed by atoms with E-state index in [0.29, 0.717) is 31.1 Å². The van der Waals surface area contributed by atoms with Gasteiger partial charge in [-0.3, -0.25) is 9.59 Å². The molecule has 1 unspecified atom stereocenters. The molecular weight excluding hydrogens is 642 g/mol. The van der Waals surface area contributed by atoms with Crippen molar-refractivity contribution in [3.8, 4) is 33.6 Å². The molecule has 3 atom stereocenters. The van der Waals surface area contributed by atoms with Crippen LogP contribution in [0.2, 0.25) is 0 Å². The van der Waals surface area contributed by atoms with Gasteiger partial charge < -0.3 is 29.8 Å². The van der Waals surface area contributed by atoms with Gasteiger partial charge in [-0.25, -0.2) is 14.8 Å². The van der Waals surface area contributed by atoms with Crippen molar-refractivity contribution < 1.29 is 19.1 Å². The number of ether oxygens (including phenoxy) is 1. The van der Waals surface area contributed by atoms with E-state index in [1.807, 2.05) is 44.1 Å².